The molecule has 0 spiro atoms. The van der Waals surface area contributed by atoms with Crippen LogP contribution in [0.25, 0.3) is 16.8 Å². The van der Waals surface area contributed by atoms with Gasteiger partial charge in [-0.25, -0.2) is 14.3 Å². The van der Waals surface area contributed by atoms with E-state index in [1.165, 1.54) is 6.07 Å². The molecule has 0 saturated heterocycles. The molecule has 3 aromatic heterocycles. The smallest absolute Gasteiger partial charge is 0.407 e. The van der Waals surface area contributed by atoms with Crippen molar-refractivity contribution in [2.45, 2.75) is 51.2 Å². The van der Waals surface area contributed by atoms with E-state index in [1.807, 2.05) is 19.9 Å². The fraction of sp³-hybridized carbons (Fsp3) is 0.320. The van der Waals surface area contributed by atoms with E-state index in [4.69, 9.17) is 4.74 Å². The summed E-state index contributed by atoms with van der Waals surface area (Å²) in [7, 11) is 0. The Labute approximate surface area is 206 Å². The Morgan fingerprint density at radius 3 is 2.97 bits per heavy atom. The van der Waals surface area contributed by atoms with Crippen molar-refractivity contribution in [3.05, 3.63) is 54.0 Å². The molecule has 2 atom stereocenters. The summed E-state index contributed by atoms with van der Waals surface area (Å²) < 4.78 is 7.18. The number of rotatable bonds is 7. The maximum atomic E-state index is 11.9. The van der Waals surface area contributed by atoms with Crippen molar-refractivity contribution in [2.75, 3.05) is 5.32 Å². The minimum atomic E-state index is -0.382. The van der Waals surface area contributed by atoms with E-state index < -0.39 is 0 Å². The molecule has 1 fully saturated rings. The first-order valence-electron chi connectivity index (χ1n) is 11.8. The van der Waals surface area contributed by atoms with Crippen LogP contribution < -0.4 is 10.6 Å². The summed E-state index contributed by atoms with van der Waals surface area (Å²) in [6, 6.07) is 8.63. The zero-order valence-corrected chi connectivity index (χ0v) is 19.9. The number of ether oxygens (including phenoxy) is 1. The molecule has 0 aliphatic heterocycles. The fourth-order valence-electron chi connectivity index (χ4n) is 4.53. The van der Waals surface area contributed by atoms with Crippen LogP contribution in [0.2, 0.25) is 0 Å². The van der Waals surface area contributed by atoms with E-state index in [9.17, 15) is 14.7 Å². The molecular formula is C25H27N7O4. The van der Waals surface area contributed by atoms with Crippen LogP contribution in [0.4, 0.5) is 16.4 Å². The third-order valence-corrected chi connectivity index (χ3v) is 6.22. The Morgan fingerprint density at radius 2 is 2.17 bits per heavy atom. The molecular weight excluding hydrogens is 462 g/mol. The van der Waals surface area contributed by atoms with Crippen LogP contribution in [-0.2, 0) is 4.74 Å². The fourth-order valence-corrected chi connectivity index (χ4v) is 4.53. The number of benzene rings is 1. The number of aromatic amines is 1. The Bertz CT molecular complexity index is 1410. The minimum Gasteiger partial charge on any atom is -0.507 e. The Morgan fingerprint density at radius 1 is 1.31 bits per heavy atom. The van der Waals surface area contributed by atoms with Gasteiger partial charge in [-0.1, -0.05) is 12.1 Å². The summed E-state index contributed by atoms with van der Waals surface area (Å²) in [6.45, 7) is 3.79. The second-order valence-electron chi connectivity index (χ2n) is 9.16. The normalized spacial score (nSPS) is 17.4. The molecule has 11 nitrogen and oxygen atoms in total. The first kappa shape index (κ1) is 23.3. The maximum absolute atomic E-state index is 11.9. The molecule has 5 rings (SSSR count). The second kappa shape index (κ2) is 9.68. The number of nitrogens with zero attached hydrogens (tertiary/aromatic N) is 4. The number of aromatic hydroxyl groups is 1. The van der Waals surface area contributed by atoms with Crippen molar-refractivity contribution in [3.63, 3.8) is 0 Å². The molecule has 0 radical (unpaired) electrons. The average molecular weight is 490 g/mol. The predicted molar refractivity (Wildman–Crippen MR) is 132 cm³/mol. The summed E-state index contributed by atoms with van der Waals surface area (Å²) in [5.41, 5.74) is 2.89. The number of hydrogen-bond acceptors (Lipinski definition) is 8. The molecule has 36 heavy (non-hydrogen) atoms. The van der Waals surface area contributed by atoms with Crippen molar-refractivity contribution in [3.8, 4) is 17.0 Å². The third kappa shape index (κ3) is 4.72. The van der Waals surface area contributed by atoms with Gasteiger partial charge in [0, 0.05) is 41.7 Å². The van der Waals surface area contributed by atoms with Crippen molar-refractivity contribution in [1.29, 1.82) is 0 Å². The van der Waals surface area contributed by atoms with Crippen molar-refractivity contribution >= 4 is 29.5 Å². The first-order valence-corrected chi connectivity index (χ1v) is 11.8. The van der Waals surface area contributed by atoms with Crippen LogP contribution in [0.5, 0.6) is 5.75 Å². The molecule has 186 valence electrons. The van der Waals surface area contributed by atoms with E-state index in [0.29, 0.717) is 34.7 Å². The lowest BCUT2D eigenvalue weighted by Crippen LogP contribution is -2.33. The second-order valence-corrected chi connectivity index (χ2v) is 9.16. The molecule has 4 N–H and O–H groups in total. The molecule has 4 aromatic rings. The average Bonchev–Trinajstić information content (AvgIpc) is 3.58. The summed E-state index contributed by atoms with van der Waals surface area (Å²) in [6.07, 6.45) is 5.86. The molecule has 1 aliphatic carbocycles. The minimum absolute atomic E-state index is 0.0350. The van der Waals surface area contributed by atoms with E-state index in [2.05, 4.69) is 30.9 Å². The van der Waals surface area contributed by atoms with Crippen LogP contribution in [0.1, 0.15) is 55.1 Å². The zero-order chi connectivity index (χ0) is 25.2. The van der Waals surface area contributed by atoms with Crippen LogP contribution in [0, 0.1) is 0 Å². The molecule has 0 bridgehead atoms. The van der Waals surface area contributed by atoms with Crippen molar-refractivity contribution in [2.24, 2.45) is 0 Å². The van der Waals surface area contributed by atoms with Gasteiger partial charge in [-0.3, -0.25) is 9.89 Å². The lowest BCUT2D eigenvalue weighted by atomic mass is 10.0. The van der Waals surface area contributed by atoms with Crippen molar-refractivity contribution in [1.82, 2.24) is 30.1 Å². The standard InChI is InChI=1S/C25H27N7O4/c1-14(2)27-25(35)36-16-7-6-15(10-16)19-12-23(30-29-19)28-24-21-11-20(31-32(21)9-8-26-24)17-4-3-5-22(34)18(17)13-33/h3-5,8-9,11-16,34H,6-7,10H2,1-2H3,(H,27,35)(H2,26,28,29,30)/t15-,16+/m0/s1. The molecule has 1 saturated carbocycles. The predicted octanol–water partition coefficient (Wildman–Crippen LogP) is 4.15. The number of carbonyl (C=O) groups excluding carboxylic acids is 2. The van der Waals surface area contributed by atoms with Gasteiger partial charge in [-0.05, 0) is 45.2 Å². The topological polar surface area (TPSA) is 147 Å². The number of aromatic nitrogens is 5. The monoisotopic (exact) mass is 489 g/mol. The number of phenols is 1. The first-order chi connectivity index (χ1) is 17.4. The Hall–Kier alpha value is -4.41. The zero-order valence-electron chi connectivity index (χ0n) is 19.9. The van der Waals surface area contributed by atoms with Gasteiger partial charge >= 0.3 is 6.09 Å². The maximum Gasteiger partial charge on any atom is 0.407 e. The highest BCUT2D eigenvalue weighted by atomic mass is 16.6. The van der Waals surface area contributed by atoms with Crippen LogP contribution >= 0.6 is 0 Å². The SMILES string of the molecule is CC(C)NC(=O)O[C@@H]1CC[C@H](c2cc(Nc3nccn4nc(-c5cccc(O)c5C=O)cc34)n[nH]2)C1. The summed E-state index contributed by atoms with van der Waals surface area (Å²) >= 11 is 0. The number of H-pyrrole nitrogens is 1. The van der Waals surface area contributed by atoms with Crippen LogP contribution in [0.3, 0.4) is 0 Å². The van der Waals surface area contributed by atoms with Gasteiger partial charge in [0.25, 0.3) is 0 Å². The largest absolute Gasteiger partial charge is 0.507 e. The highest BCUT2D eigenvalue weighted by Crippen LogP contribution is 2.36. The number of alkyl carbamates (subject to hydrolysis) is 1. The summed E-state index contributed by atoms with van der Waals surface area (Å²) in [5.74, 6) is 1.25. The van der Waals surface area contributed by atoms with E-state index in [-0.39, 0.29) is 35.5 Å². The summed E-state index contributed by atoms with van der Waals surface area (Å²) in [5, 5.41) is 28.0. The Balaban J connectivity index is 1.32. The number of hydrogen-bond donors (Lipinski definition) is 4. The molecule has 1 aromatic carbocycles. The number of nitrogens with one attached hydrogen (secondary N) is 3. The number of aldehydes is 1. The quantitative estimate of drug-likeness (QED) is 0.283. The highest BCUT2D eigenvalue weighted by molar-refractivity contribution is 5.91. The van der Waals surface area contributed by atoms with Gasteiger partial charge < -0.3 is 20.5 Å². The van der Waals surface area contributed by atoms with Crippen molar-refractivity contribution < 1.29 is 19.4 Å². The van der Waals surface area contributed by atoms with Gasteiger partial charge in [0.05, 0.1) is 11.3 Å². The van der Waals surface area contributed by atoms with E-state index >= 15 is 0 Å². The third-order valence-electron chi connectivity index (χ3n) is 6.22. The molecule has 11 heteroatoms. The van der Waals surface area contributed by atoms with Gasteiger partial charge in [-0.15, -0.1) is 0 Å². The van der Waals surface area contributed by atoms with Gasteiger partial charge in [0.2, 0.25) is 0 Å². The molecule has 1 aliphatic rings. The van der Waals surface area contributed by atoms with Gasteiger partial charge in [0.1, 0.15) is 17.4 Å². The van der Waals surface area contributed by atoms with Gasteiger partial charge in [0.15, 0.2) is 17.9 Å². The summed E-state index contributed by atoms with van der Waals surface area (Å²) in [4.78, 5) is 27.9. The Kier molecular flexibility index (Phi) is 6.28. The highest BCUT2D eigenvalue weighted by Gasteiger charge is 2.30. The number of amides is 1. The number of anilines is 2. The van der Waals surface area contributed by atoms with E-state index in [1.54, 1.807) is 35.1 Å². The molecule has 3 heterocycles. The number of fused-ring (bicyclic) bond motifs is 1. The lowest BCUT2D eigenvalue weighted by molar-refractivity contribution is 0.0981. The molecule has 1 amide bonds. The van der Waals surface area contributed by atoms with Crippen LogP contribution in [0.15, 0.2) is 42.7 Å². The molecule has 0 unspecified atom stereocenters. The van der Waals surface area contributed by atoms with Crippen LogP contribution in [-0.4, -0.2) is 54.4 Å². The lowest BCUT2D eigenvalue weighted by Gasteiger charge is -2.14. The van der Waals surface area contributed by atoms with Gasteiger partial charge in [-0.2, -0.15) is 10.2 Å². The number of phenolic OH excluding ortho intramolecular Hbond substituents is 1. The van der Waals surface area contributed by atoms with E-state index in [0.717, 1.165) is 25.0 Å². The number of carbonyl (C=O) groups is 2.